The molecule has 0 aliphatic heterocycles. The maximum atomic E-state index is 11.7. The monoisotopic (exact) mass is 217 g/mol. The molecule has 2 heterocycles. The third-order valence-corrected chi connectivity index (χ3v) is 2.84. The van der Waals surface area contributed by atoms with Crippen LogP contribution in [0.3, 0.4) is 0 Å². The molecule has 0 amide bonds. The van der Waals surface area contributed by atoms with Gasteiger partial charge in [0.05, 0.1) is 0 Å². The lowest BCUT2D eigenvalue weighted by molar-refractivity contribution is -0.117. The van der Waals surface area contributed by atoms with Crippen molar-refractivity contribution in [3.63, 3.8) is 0 Å². The number of Topliss-reactive ketones (excluding diaryl/α,β-unsaturated/α-hetero) is 1. The van der Waals surface area contributed by atoms with Gasteiger partial charge in [-0.2, -0.15) is 11.3 Å². The second-order valence-corrected chi connectivity index (χ2v) is 4.17. The lowest BCUT2D eigenvalue weighted by Crippen LogP contribution is -2.05. The summed E-state index contributed by atoms with van der Waals surface area (Å²) in [7, 11) is 0. The fourth-order valence-corrected chi connectivity index (χ4v) is 2.08. The summed E-state index contributed by atoms with van der Waals surface area (Å²) < 4.78 is 0. The molecule has 2 rings (SSSR count). The van der Waals surface area contributed by atoms with Crippen molar-refractivity contribution in [1.29, 1.82) is 0 Å². The molecule has 0 aliphatic rings. The maximum absolute atomic E-state index is 11.7. The Morgan fingerprint density at radius 2 is 2.13 bits per heavy atom. The number of carbonyl (C=O) groups is 1. The topological polar surface area (TPSA) is 30.0 Å². The second kappa shape index (κ2) is 4.84. The van der Waals surface area contributed by atoms with E-state index in [0.717, 1.165) is 11.1 Å². The van der Waals surface area contributed by atoms with Gasteiger partial charge >= 0.3 is 0 Å². The zero-order valence-corrected chi connectivity index (χ0v) is 9.04. The lowest BCUT2D eigenvalue weighted by Gasteiger charge is -1.98. The minimum atomic E-state index is 0.237. The Labute approximate surface area is 92.6 Å². The lowest BCUT2D eigenvalue weighted by atomic mass is 10.1. The van der Waals surface area contributed by atoms with Crippen LogP contribution in [-0.2, 0) is 17.6 Å². The molecule has 15 heavy (non-hydrogen) atoms. The first-order chi connectivity index (χ1) is 7.34. The summed E-state index contributed by atoms with van der Waals surface area (Å²) in [5, 5.41) is 4.01. The molecular weight excluding hydrogens is 206 g/mol. The average molecular weight is 217 g/mol. The van der Waals surface area contributed by atoms with Crippen LogP contribution >= 0.6 is 11.3 Å². The van der Waals surface area contributed by atoms with Crippen LogP contribution in [0, 0.1) is 0 Å². The van der Waals surface area contributed by atoms with E-state index < -0.39 is 0 Å². The first kappa shape index (κ1) is 10.1. The first-order valence-corrected chi connectivity index (χ1v) is 5.70. The van der Waals surface area contributed by atoms with Gasteiger partial charge in [0.2, 0.25) is 0 Å². The molecule has 0 bridgehead atoms. The van der Waals surface area contributed by atoms with Crippen molar-refractivity contribution in [3.8, 4) is 0 Å². The van der Waals surface area contributed by atoms with E-state index >= 15 is 0 Å². The molecule has 0 saturated carbocycles. The van der Waals surface area contributed by atoms with Crippen molar-refractivity contribution in [3.05, 3.63) is 52.5 Å². The SMILES string of the molecule is O=C(Cc1cccnc1)Cc1ccsc1. The Morgan fingerprint density at radius 3 is 2.80 bits per heavy atom. The van der Waals surface area contributed by atoms with Gasteiger partial charge in [-0.1, -0.05) is 6.07 Å². The van der Waals surface area contributed by atoms with Gasteiger partial charge in [-0.05, 0) is 34.0 Å². The number of carbonyl (C=O) groups excluding carboxylic acids is 1. The summed E-state index contributed by atoms with van der Waals surface area (Å²) in [5.74, 6) is 0.237. The highest BCUT2D eigenvalue weighted by molar-refractivity contribution is 7.07. The quantitative estimate of drug-likeness (QED) is 0.787. The van der Waals surface area contributed by atoms with E-state index in [1.165, 1.54) is 0 Å². The van der Waals surface area contributed by atoms with Crippen molar-refractivity contribution in [1.82, 2.24) is 4.98 Å². The maximum Gasteiger partial charge on any atom is 0.141 e. The zero-order chi connectivity index (χ0) is 10.5. The van der Waals surface area contributed by atoms with Gasteiger partial charge in [-0.25, -0.2) is 0 Å². The number of ketones is 1. The molecule has 2 nitrogen and oxygen atoms in total. The number of aromatic nitrogens is 1. The van der Waals surface area contributed by atoms with Crippen LogP contribution in [0.2, 0.25) is 0 Å². The van der Waals surface area contributed by atoms with E-state index in [1.54, 1.807) is 23.7 Å². The fraction of sp³-hybridized carbons (Fsp3) is 0.167. The molecule has 0 unspecified atom stereocenters. The summed E-state index contributed by atoms with van der Waals surface area (Å²) in [6, 6.07) is 5.78. The van der Waals surface area contributed by atoms with Gasteiger partial charge in [0, 0.05) is 25.2 Å². The summed E-state index contributed by atoms with van der Waals surface area (Å²) in [6.07, 6.45) is 4.46. The second-order valence-electron chi connectivity index (χ2n) is 3.39. The predicted octanol–water partition coefficient (Wildman–Crippen LogP) is 2.50. The number of nitrogens with zero attached hydrogens (tertiary/aromatic N) is 1. The van der Waals surface area contributed by atoms with Gasteiger partial charge in [0.25, 0.3) is 0 Å². The van der Waals surface area contributed by atoms with Crippen LogP contribution in [-0.4, -0.2) is 10.8 Å². The van der Waals surface area contributed by atoms with Crippen LogP contribution in [0.5, 0.6) is 0 Å². The van der Waals surface area contributed by atoms with Gasteiger partial charge < -0.3 is 0 Å². The number of thiophene rings is 1. The first-order valence-electron chi connectivity index (χ1n) is 4.76. The summed E-state index contributed by atoms with van der Waals surface area (Å²) in [5.41, 5.74) is 2.09. The fourth-order valence-electron chi connectivity index (χ4n) is 1.41. The third kappa shape index (κ3) is 2.99. The molecule has 0 aliphatic carbocycles. The van der Waals surface area contributed by atoms with Crippen molar-refractivity contribution >= 4 is 17.1 Å². The van der Waals surface area contributed by atoms with Gasteiger partial charge in [-0.15, -0.1) is 0 Å². The van der Waals surface area contributed by atoms with E-state index in [9.17, 15) is 4.79 Å². The normalized spacial score (nSPS) is 10.1. The molecule has 0 aromatic carbocycles. The van der Waals surface area contributed by atoms with E-state index in [2.05, 4.69) is 4.98 Å². The standard InChI is InChI=1S/C12H11NOS/c14-12(7-11-3-5-15-9-11)6-10-2-1-4-13-8-10/h1-5,8-9H,6-7H2. The van der Waals surface area contributed by atoms with Crippen molar-refractivity contribution in [2.45, 2.75) is 12.8 Å². The highest BCUT2D eigenvalue weighted by Gasteiger charge is 2.05. The molecule has 0 N–H and O–H groups in total. The molecule has 0 atom stereocenters. The summed E-state index contributed by atoms with van der Waals surface area (Å²) in [4.78, 5) is 15.6. The Bertz CT molecular complexity index is 422. The van der Waals surface area contributed by atoms with Gasteiger partial charge in [0.1, 0.15) is 5.78 Å². The highest BCUT2D eigenvalue weighted by atomic mass is 32.1. The Balaban J connectivity index is 1.94. The zero-order valence-electron chi connectivity index (χ0n) is 8.22. The number of pyridine rings is 1. The van der Waals surface area contributed by atoms with E-state index in [-0.39, 0.29) is 5.78 Å². The summed E-state index contributed by atoms with van der Waals surface area (Å²) in [6.45, 7) is 0. The molecular formula is C12H11NOS. The highest BCUT2D eigenvalue weighted by Crippen LogP contribution is 2.08. The van der Waals surface area contributed by atoms with E-state index in [4.69, 9.17) is 0 Å². The van der Waals surface area contributed by atoms with Gasteiger partial charge in [0.15, 0.2) is 0 Å². The number of rotatable bonds is 4. The molecule has 0 radical (unpaired) electrons. The molecule has 0 spiro atoms. The van der Waals surface area contributed by atoms with E-state index in [0.29, 0.717) is 12.8 Å². The Hall–Kier alpha value is -1.48. The largest absolute Gasteiger partial charge is 0.299 e. The number of hydrogen-bond donors (Lipinski definition) is 0. The van der Waals surface area contributed by atoms with Crippen molar-refractivity contribution in [2.75, 3.05) is 0 Å². The molecule has 2 aromatic heterocycles. The van der Waals surface area contributed by atoms with Gasteiger partial charge in [-0.3, -0.25) is 9.78 Å². The minimum Gasteiger partial charge on any atom is -0.299 e. The van der Waals surface area contributed by atoms with Crippen molar-refractivity contribution < 1.29 is 4.79 Å². The van der Waals surface area contributed by atoms with Crippen LogP contribution in [0.1, 0.15) is 11.1 Å². The van der Waals surface area contributed by atoms with Crippen molar-refractivity contribution in [2.24, 2.45) is 0 Å². The Kier molecular flexibility index (Phi) is 3.25. The molecule has 76 valence electrons. The molecule has 2 aromatic rings. The molecule has 0 saturated heterocycles. The van der Waals surface area contributed by atoms with Crippen LogP contribution in [0.25, 0.3) is 0 Å². The smallest absolute Gasteiger partial charge is 0.141 e. The molecule has 0 fully saturated rings. The summed E-state index contributed by atoms with van der Waals surface area (Å²) >= 11 is 1.62. The predicted molar refractivity (Wildman–Crippen MR) is 61.0 cm³/mol. The van der Waals surface area contributed by atoms with Crippen LogP contribution < -0.4 is 0 Å². The van der Waals surface area contributed by atoms with Crippen LogP contribution in [0.15, 0.2) is 41.4 Å². The minimum absolute atomic E-state index is 0.237. The third-order valence-electron chi connectivity index (χ3n) is 2.11. The number of hydrogen-bond acceptors (Lipinski definition) is 3. The molecule has 3 heteroatoms. The average Bonchev–Trinajstić information content (AvgIpc) is 2.71. The van der Waals surface area contributed by atoms with Crippen LogP contribution in [0.4, 0.5) is 0 Å². The van der Waals surface area contributed by atoms with E-state index in [1.807, 2.05) is 29.0 Å². The Morgan fingerprint density at radius 1 is 1.27 bits per heavy atom.